The molecule has 0 saturated heterocycles. The first-order valence-corrected chi connectivity index (χ1v) is 7.66. The summed E-state index contributed by atoms with van der Waals surface area (Å²) < 4.78 is 5.08. The number of carbonyl (C=O) groups is 1. The Morgan fingerprint density at radius 1 is 1.22 bits per heavy atom. The molecular formula is C17H14Cl2N2O2. The highest BCUT2D eigenvalue weighted by molar-refractivity contribution is 6.41. The lowest BCUT2D eigenvalue weighted by molar-refractivity contribution is 0.140. The van der Waals surface area contributed by atoms with Gasteiger partial charge in [0.15, 0.2) is 0 Å². The van der Waals surface area contributed by atoms with Crippen LogP contribution in [0.4, 0.5) is 4.79 Å². The topological polar surface area (TPSA) is 51.2 Å². The number of halogens is 2. The number of hydrogen-bond donors (Lipinski definition) is 1. The summed E-state index contributed by atoms with van der Waals surface area (Å²) in [5.74, 6) is 5.79. The minimum absolute atomic E-state index is 0.223. The Morgan fingerprint density at radius 2 is 2.00 bits per heavy atom. The number of carbonyl (C=O) groups excluding carboxylic acids is 1. The molecule has 4 nitrogen and oxygen atoms in total. The van der Waals surface area contributed by atoms with Gasteiger partial charge < -0.3 is 10.1 Å². The normalized spacial score (nSPS) is 9.65. The van der Waals surface area contributed by atoms with Crippen LogP contribution in [0.15, 0.2) is 42.6 Å². The molecule has 0 bridgehead atoms. The van der Waals surface area contributed by atoms with Gasteiger partial charge in [-0.1, -0.05) is 65.4 Å². The van der Waals surface area contributed by atoms with Crippen LogP contribution in [-0.2, 0) is 11.3 Å². The number of hydrogen-bond acceptors (Lipinski definition) is 3. The zero-order chi connectivity index (χ0) is 16.5. The van der Waals surface area contributed by atoms with Gasteiger partial charge in [-0.2, -0.15) is 0 Å². The van der Waals surface area contributed by atoms with Crippen molar-refractivity contribution in [1.82, 2.24) is 10.3 Å². The summed E-state index contributed by atoms with van der Waals surface area (Å²) in [6.07, 6.45) is 1.54. The summed E-state index contributed by atoms with van der Waals surface area (Å²) in [6, 6.07) is 11.2. The first-order valence-electron chi connectivity index (χ1n) is 6.90. The molecule has 118 valence electrons. The molecule has 2 rings (SSSR count). The van der Waals surface area contributed by atoms with Gasteiger partial charge in [0.1, 0.15) is 11.8 Å². The van der Waals surface area contributed by atoms with E-state index in [4.69, 9.17) is 27.9 Å². The number of nitrogens with one attached hydrogen (secondary N) is 1. The number of pyridine rings is 1. The van der Waals surface area contributed by atoms with E-state index in [1.54, 1.807) is 6.07 Å². The van der Waals surface area contributed by atoms with Gasteiger partial charge in [-0.05, 0) is 11.6 Å². The fourth-order valence-corrected chi connectivity index (χ4v) is 1.99. The van der Waals surface area contributed by atoms with Crippen molar-refractivity contribution in [3.63, 3.8) is 0 Å². The number of alkyl carbamates (subject to hydrolysis) is 1. The zero-order valence-electron chi connectivity index (χ0n) is 12.2. The van der Waals surface area contributed by atoms with Crippen molar-refractivity contribution in [3.05, 3.63) is 63.9 Å². The van der Waals surface area contributed by atoms with E-state index in [9.17, 15) is 4.79 Å². The van der Waals surface area contributed by atoms with Crippen molar-refractivity contribution in [2.45, 2.75) is 13.0 Å². The number of rotatable bonds is 4. The van der Waals surface area contributed by atoms with Crippen molar-refractivity contribution in [2.75, 3.05) is 6.54 Å². The third kappa shape index (κ3) is 5.82. The van der Waals surface area contributed by atoms with Crippen LogP contribution in [0.2, 0.25) is 10.2 Å². The molecule has 0 unspecified atom stereocenters. The number of aromatic nitrogens is 1. The van der Waals surface area contributed by atoms with E-state index in [0.29, 0.717) is 23.6 Å². The number of nitrogens with zero attached hydrogens (tertiary/aromatic N) is 1. The molecule has 0 aliphatic carbocycles. The summed E-state index contributed by atoms with van der Waals surface area (Å²) in [5, 5.41) is 3.18. The van der Waals surface area contributed by atoms with Crippen LogP contribution in [0.25, 0.3) is 0 Å². The average Bonchev–Trinajstić information content (AvgIpc) is 2.57. The molecule has 0 radical (unpaired) electrons. The molecule has 0 fully saturated rings. The van der Waals surface area contributed by atoms with E-state index >= 15 is 0 Å². The molecule has 0 aliphatic rings. The second-order valence-electron chi connectivity index (χ2n) is 4.50. The van der Waals surface area contributed by atoms with Gasteiger partial charge in [0.25, 0.3) is 0 Å². The molecule has 0 aliphatic heterocycles. The highest BCUT2D eigenvalue weighted by Gasteiger charge is 2.03. The summed E-state index contributed by atoms with van der Waals surface area (Å²) in [4.78, 5) is 15.4. The van der Waals surface area contributed by atoms with Crippen LogP contribution < -0.4 is 5.32 Å². The second-order valence-corrected chi connectivity index (χ2v) is 5.24. The maximum absolute atomic E-state index is 11.5. The lowest BCUT2D eigenvalue weighted by atomic mass is 10.2. The first kappa shape index (κ1) is 17.1. The van der Waals surface area contributed by atoms with E-state index in [-0.39, 0.29) is 11.8 Å². The Balaban J connectivity index is 1.70. The second kappa shape index (κ2) is 9.04. The Labute approximate surface area is 144 Å². The SMILES string of the molecule is O=C(NCCC#Cc1ccnc(Cl)c1Cl)OCc1ccccc1. The lowest BCUT2D eigenvalue weighted by Crippen LogP contribution is -2.24. The van der Waals surface area contributed by atoms with Gasteiger partial charge in [0, 0.05) is 24.7 Å². The molecule has 6 heteroatoms. The maximum Gasteiger partial charge on any atom is 0.407 e. The summed E-state index contributed by atoms with van der Waals surface area (Å²) in [7, 11) is 0. The molecular weight excluding hydrogens is 335 g/mol. The monoisotopic (exact) mass is 348 g/mol. The number of benzene rings is 1. The molecule has 1 aromatic heterocycles. The third-order valence-electron chi connectivity index (χ3n) is 2.80. The van der Waals surface area contributed by atoms with Crippen LogP contribution >= 0.6 is 23.2 Å². The fraction of sp³-hybridized carbons (Fsp3) is 0.176. The molecule has 23 heavy (non-hydrogen) atoms. The van der Waals surface area contributed by atoms with Gasteiger partial charge in [-0.25, -0.2) is 9.78 Å². The highest BCUT2D eigenvalue weighted by atomic mass is 35.5. The van der Waals surface area contributed by atoms with Gasteiger partial charge in [-0.3, -0.25) is 0 Å². The van der Waals surface area contributed by atoms with Crippen LogP contribution in [0.3, 0.4) is 0 Å². The summed E-state index contributed by atoms with van der Waals surface area (Å²) in [5.41, 5.74) is 1.55. The van der Waals surface area contributed by atoms with Crippen molar-refractivity contribution >= 4 is 29.3 Å². The van der Waals surface area contributed by atoms with E-state index < -0.39 is 6.09 Å². The zero-order valence-corrected chi connectivity index (χ0v) is 13.7. The van der Waals surface area contributed by atoms with Gasteiger partial charge >= 0.3 is 6.09 Å². The standard InChI is InChI=1S/C17H14Cl2N2O2/c18-15-14(9-11-20-16(15)19)8-4-5-10-21-17(22)23-12-13-6-2-1-3-7-13/h1-3,6-7,9,11H,5,10,12H2,(H,21,22). The molecule has 2 aromatic rings. The predicted molar refractivity (Wildman–Crippen MR) is 90.4 cm³/mol. The summed E-state index contributed by atoms with van der Waals surface area (Å²) >= 11 is 11.8. The lowest BCUT2D eigenvalue weighted by Gasteiger charge is -2.05. The van der Waals surface area contributed by atoms with Crippen LogP contribution in [0.1, 0.15) is 17.5 Å². The predicted octanol–water partition coefficient (Wildman–Crippen LogP) is 4.06. The van der Waals surface area contributed by atoms with Crippen molar-refractivity contribution in [2.24, 2.45) is 0 Å². The van der Waals surface area contributed by atoms with E-state index in [1.165, 1.54) is 6.20 Å². The van der Waals surface area contributed by atoms with E-state index in [2.05, 4.69) is 22.1 Å². The molecule has 1 heterocycles. The largest absolute Gasteiger partial charge is 0.445 e. The van der Waals surface area contributed by atoms with Crippen molar-refractivity contribution < 1.29 is 9.53 Å². The third-order valence-corrected chi connectivity index (χ3v) is 3.57. The highest BCUT2D eigenvalue weighted by Crippen LogP contribution is 2.22. The molecule has 0 spiro atoms. The quantitative estimate of drug-likeness (QED) is 0.515. The summed E-state index contributed by atoms with van der Waals surface area (Å²) in [6.45, 7) is 0.626. The van der Waals surface area contributed by atoms with Crippen LogP contribution in [-0.4, -0.2) is 17.6 Å². The first-order chi connectivity index (χ1) is 11.2. The fourth-order valence-electron chi connectivity index (χ4n) is 1.67. The van der Waals surface area contributed by atoms with Crippen LogP contribution in [0.5, 0.6) is 0 Å². The number of amides is 1. The minimum Gasteiger partial charge on any atom is -0.445 e. The average molecular weight is 349 g/mol. The molecule has 1 amide bonds. The van der Waals surface area contributed by atoms with E-state index in [1.807, 2.05) is 30.3 Å². The molecule has 1 N–H and O–H groups in total. The van der Waals surface area contributed by atoms with Crippen LogP contribution in [0, 0.1) is 11.8 Å². The smallest absolute Gasteiger partial charge is 0.407 e. The Morgan fingerprint density at radius 3 is 2.78 bits per heavy atom. The number of ether oxygens (including phenoxy) is 1. The van der Waals surface area contributed by atoms with Gasteiger partial charge in [0.05, 0.1) is 5.02 Å². The molecule has 1 aromatic carbocycles. The van der Waals surface area contributed by atoms with Gasteiger partial charge in [-0.15, -0.1) is 0 Å². The Bertz CT molecular complexity index is 724. The molecule has 0 atom stereocenters. The minimum atomic E-state index is -0.472. The van der Waals surface area contributed by atoms with Crippen molar-refractivity contribution in [1.29, 1.82) is 0 Å². The molecule has 0 saturated carbocycles. The Kier molecular flexibility index (Phi) is 6.74. The Hall–Kier alpha value is -2.22. The van der Waals surface area contributed by atoms with E-state index in [0.717, 1.165) is 5.56 Å². The van der Waals surface area contributed by atoms with Crippen molar-refractivity contribution in [3.8, 4) is 11.8 Å². The van der Waals surface area contributed by atoms with Gasteiger partial charge in [0.2, 0.25) is 0 Å². The maximum atomic E-state index is 11.5.